The van der Waals surface area contributed by atoms with E-state index in [9.17, 15) is 13.0 Å². The molecule has 1 N–H and O–H groups in total. The van der Waals surface area contributed by atoms with E-state index in [0.29, 0.717) is 30.2 Å². The Balaban J connectivity index is 1.71. The fourth-order valence-corrected chi connectivity index (χ4v) is 5.29. The highest BCUT2D eigenvalue weighted by Crippen LogP contribution is 2.46. The van der Waals surface area contributed by atoms with Crippen molar-refractivity contribution in [2.45, 2.75) is 51.2 Å². The number of hydrogen-bond acceptors (Lipinski definition) is 5. The summed E-state index contributed by atoms with van der Waals surface area (Å²) in [7, 11) is -4.37. The van der Waals surface area contributed by atoms with Gasteiger partial charge in [0.15, 0.2) is 11.5 Å². The predicted octanol–water partition coefficient (Wildman–Crippen LogP) is 6.25. The van der Waals surface area contributed by atoms with Gasteiger partial charge in [-0.2, -0.15) is 8.42 Å². The predicted molar refractivity (Wildman–Crippen MR) is 131 cm³/mol. The van der Waals surface area contributed by atoms with Crippen molar-refractivity contribution in [3.63, 3.8) is 0 Å². The third-order valence-electron chi connectivity index (χ3n) is 5.91. The van der Waals surface area contributed by atoms with Gasteiger partial charge in [0, 0.05) is 12.2 Å². The van der Waals surface area contributed by atoms with Gasteiger partial charge in [0.2, 0.25) is 0 Å². The zero-order chi connectivity index (χ0) is 23.4. The van der Waals surface area contributed by atoms with Gasteiger partial charge in [-0.15, -0.1) is 0 Å². The average Bonchev–Trinajstić information content (AvgIpc) is 2.79. The van der Waals surface area contributed by atoms with E-state index in [-0.39, 0.29) is 6.42 Å². The van der Waals surface area contributed by atoms with Crippen molar-refractivity contribution in [3.05, 3.63) is 77.6 Å². The molecule has 0 spiro atoms. The molecule has 7 heteroatoms. The maximum absolute atomic E-state index is 12.6. The minimum absolute atomic E-state index is 0.195. The topological polar surface area (TPSA) is 79.7 Å². The van der Waals surface area contributed by atoms with Crippen LogP contribution in [0.3, 0.4) is 0 Å². The maximum Gasteiger partial charge on any atom is 0.273 e. The zero-order valence-electron chi connectivity index (χ0n) is 19.1. The maximum atomic E-state index is 12.6. The van der Waals surface area contributed by atoms with Crippen LogP contribution in [0.5, 0.6) is 11.5 Å². The fourth-order valence-electron chi connectivity index (χ4n) is 4.40. The lowest BCUT2D eigenvalue weighted by Gasteiger charge is -2.33. The van der Waals surface area contributed by atoms with E-state index in [0.717, 1.165) is 41.9 Å². The number of hydrogen-bond donors (Lipinski definition) is 1. The molecular weight excluding hydrogens is 436 g/mol. The van der Waals surface area contributed by atoms with E-state index in [2.05, 4.69) is 11.8 Å². The van der Waals surface area contributed by atoms with E-state index in [4.69, 9.17) is 9.72 Å². The average molecular weight is 467 g/mol. The Morgan fingerprint density at radius 3 is 2.09 bits per heavy atom. The molecule has 1 atom stereocenters. The molecule has 0 saturated carbocycles. The summed E-state index contributed by atoms with van der Waals surface area (Å²) in [5.41, 5.74) is 3.93. The smallest absolute Gasteiger partial charge is 0.273 e. The summed E-state index contributed by atoms with van der Waals surface area (Å²) in [6.07, 6.45) is 3.45. The quantitative estimate of drug-likeness (QED) is 0.376. The number of aromatic nitrogens is 1. The molecule has 0 fully saturated rings. The molecule has 0 radical (unpaired) electrons. The summed E-state index contributed by atoms with van der Waals surface area (Å²) in [5.74, 6) is 1.43. The van der Waals surface area contributed by atoms with Crippen LogP contribution in [0.25, 0.3) is 0 Å². The summed E-state index contributed by atoms with van der Waals surface area (Å²) >= 11 is 0. The number of aryl methyl sites for hydroxylation is 2. The van der Waals surface area contributed by atoms with Gasteiger partial charge >= 0.3 is 0 Å². The molecule has 1 aromatic heterocycles. The Hall–Kier alpha value is -2.90. The van der Waals surface area contributed by atoms with E-state index in [1.165, 1.54) is 0 Å². The second kappa shape index (κ2) is 9.93. The van der Waals surface area contributed by atoms with E-state index < -0.39 is 15.4 Å². The number of anilines is 2. The molecule has 1 aliphatic heterocycles. The Kier molecular flexibility index (Phi) is 7.00. The van der Waals surface area contributed by atoms with Crippen molar-refractivity contribution in [3.8, 4) is 11.5 Å². The van der Waals surface area contributed by atoms with Gasteiger partial charge in [-0.1, -0.05) is 57.0 Å². The number of nitrogens with zero attached hydrogens (tertiary/aromatic N) is 2. The Morgan fingerprint density at radius 1 is 0.909 bits per heavy atom. The van der Waals surface area contributed by atoms with Crippen molar-refractivity contribution >= 4 is 21.5 Å². The Morgan fingerprint density at radius 2 is 1.52 bits per heavy atom. The highest BCUT2D eigenvalue weighted by molar-refractivity contribution is 7.86. The number of rotatable bonds is 9. The molecule has 2 aromatic carbocycles. The zero-order valence-corrected chi connectivity index (χ0v) is 19.9. The lowest BCUT2D eigenvalue weighted by molar-refractivity contribution is 0.459. The third-order valence-corrected chi connectivity index (χ3v) is 7.08. The largest absolute Gasteiger partial charge is 0.453 e. The van der Waals surface area contributed by atoms with Crippen molar-refractivity contribution in [1.29, 1.82) is 0 Å². The highest BCUT2D eigenvalue weighted by atomic mass is 32.2. The van der Waals surface area contributed by atoms with Crippen LogP contribution >= 0.6 is 0 Å². The lowest BCUT2D eigenvalue weighted by Crippen LogP contribution is -2.26. The van der Waals surface area contributed by atoms with Gasteiger partial charge in [-0.3, -0.25) is 9.54 Å². The number of ether oxygens (including phenoxy) is 1. The summed E-state index contributed by atoms with van der Waals surface area (Å²) < 4.78 is 41.5. The Labute approximate surface area is 196 Å². The van der Waals surface area contributed by atoms with E-state index >= 15 is 0 Å². The van der Waals surface area contributed by atoms with Crippen LogP contribution < -0.4 is 9.64 Å². The van der Waals surface area contributed by atoms with Crippen LogP contribution in [0, 0.1) is 0 Å². The Bertz CT molecular complexity index is 1180. The van der Waals surface area contributed by atoms with Gasteiger partial charge in [0.1, 0.15) is 5.25 Å². The number of para-hydroxylation sites is 4. The molecule has 2 heterocycles. The van der Waals surface area contributed by atoms with Gasteiger partial charge in [-0.25, -0.2) is 0 Å². The van der Waals surface area contributed by atoms with Crippen LogP contribution in [0.1, 0.15) is 55.3 Å². The third kappa shape index (κ3) is 5.04. The van der Waals surface area contributed by atoms with Crippen LogP contribution in [0.4, 0.5) is 11.4 Å². The van der Waals surface area contributed by atoms with Crippen molar-refractivity contribution in [2.75, 3.05) is 11.4 Å². The van der Waals surface area contributed by atoms with E-state index in [1.807, 2.05) is 67.6 Å². The number of benzene rings is 2. The molecule has 0 amide bonds. The molecule has 1 unspecified atom stereocenters. The molecule has 33 heavy (non-hydrogen) atoms. The first-order valence-corrected chi connectivity index (χ1v) is 13.0. The second-order valence-corrected chi connectivity index (χ2v) is 9.93. The number of fused-ring (bicyclic) bond motifs is 2. The van der Waals surface area contributed by atoms with Gasteiger partial charge < -0.3 is 9.64 Å². The minimum atomic E-state index is -4.37. The highest BCUT2D eigenvalue weighted by Gasteiger charge is 2.31. The molecule has 6 nitrogen and oxygen atoms in total. The fraction of sp³-hybridized carbons (Fsp3) is 0.346. The molecule has 0 saturated heterocycles. The first kappa shape index (κ1) is 23.3. The summed E-state index contributed by atoms with van der Waals surface area (Å²) in [6, 6.07) is 19.3. The molecule has 174 valence electrons. The first-order chi connectivity index (χ1) is 15.9. The van der Waals surface area contributed by atoms with Crippen LogP contribution in [-0.4, -0.2) is 24.5 Å². The molecule has 0 bridgehead atoms. The first-order valence-electron chi connectivity index (χ1n) is 11.5. The summed E-state index contributed by atoms with van der Waals surface area (Å²) in [5, 5.41) is -1.10. The van der Waals surface area contributed by atoms with Crippen LogP contribution in [0.2, 0.25) is 0 Å². The lowest BCUT2D eigenvalue weighted by atomic mass is 10.0. The monoisotopic (exact) mass is 466 g/mol. The number of pyridine rings is 1. The molecule has 3 aromatic rings. The molecular formula is C26H30N2O4S. The standard InChI is InChI=1S/C26H30N2O4S/c1-3-9-19-15-16-20(10-4-2)27-26(19)25(33(29,30)31)17-18-28-21-11-5-7-13-23(21)32-24-14-8-6-12-22(24)28/h5-8,11-16,25H,3-4,9-10,17-18H2,1-2H3,(H,29,30,31). The van der Waals surface area contributed by atoms with Crippen molar-refractivity contribution in [1.82, 2.24) is 4.98 Å². The van der Waals surface area contributed by atoms with Crippen LogP contribution in [-0.2, 0) is 23.0 Å². The molecule has 0 aliphatic carbocycles. The van der Waals surface area contributed by atoms with Crippen LogP contribution in [0.15, 0.2) is 60.7 Å². The summed E-state index contributed by atoms with van der Waals surface area (Å²) in [4.78, 5) is 6.78. The molecule has 1 aliphatic rings. The second-order valence-electron chi connectivity index (χ2n) is 8.33. The van der Waals surface area contributed by atoms with Gasteiger partial charge in [0.05, 0.1) is 17.1 Å². The summed E-state index contributed by atoms with van der Waals surface area (Å²) in [6.45, 7) is 4.50. The van der Waals surface area contributed by atoms with E-state index in [1.54, 1.807) is 0 Å². The molecule has 4 rings (SSSR count). The van der Waals surface area contributed by atoms with Crippen molar-refractivity contribution < 1.29 is 17.7 Å². The van der Waals surface area contributed by atoms with Gasteiger partial charge in [0.25, 0.3) is 10.1 Å². The minimum Gasteiger partial charge on any atom is -0.453 e. The normalized spacial score (nSPS) is 13.7. The SMILES string of the molecule is CCCc1ccc(CCC)c(C(CCN2c3ccccc3Oc3ccccc32)S(=O)(=O)O)n1. The van der Waals surface area contributed by atoms with Gasteiger partial charge in [-0.05, 0) is 55.2 Å². The van der Waals surface area contributed by atoms with Crippen molar-refractivity contribution in [2.24, 2.45) is 0 Å².